The molecule has 3 nitrogen and oxygen atoms in total. The van der Waals surface area contributed by atoms with E-state index in [1.54, 1.807) is 0 Å². The molecular formula is C16H32N2O. The summed E-state index contributed by atoms with van der Waals surface area (Å²) in [6, 6.07) is 0.360. The minimum absolute atomic E-state index is 0.0226. The number of hydrogen-bond acceptors (Lipinski definition) is 2. The molecule has 1 aliphatic rings. The second-order valence-electron chi connectivity index (χ2n) is 7.43. The molecule has 0 saturated heterocycles. The van der Waals surface area contributed by atoms with Crippen molar-refractivity contribution in [3.05, 3.63) is 0 Å². The summed E-state index contributed by atoms with van der Waals surface area (Å²) < 4.78 is 0. The quantitative estimate of drug-likeness (QED) is 0.804. The first-order chi connectivity index (χ1) is 8.80. The second-order valence-corrected chi connectivity index (χ2v) is 7.43. The monoisotopic (exact) mass is 268 g/mol. The predicted molar refractivity (Wildman–Crippen MR) is 80.8 cm³/mol. The zero-order chi connectivity index (χ0) is 14.5. The fraction of sp³-hybridized carbons (Fsp3) is 0.938. The molecule has 1 saturated carbocycles. The van der Waals surface area contributed by atoms with E-state index in [1.165, 1.54) is 19.3 Å². The number of nitrogens with two attached hydrogens (primary N) is 1. The molecule has 0 bridgehead atoms. The maximum Gasteiger partial charge on any atom is 0.221 e. The largest absolute Gasteiger partial charge is 0.353 e. The summed E-state index contributed by atoms with van der Waals surface area (Å²) in [5, 5.41) is 3.18. The smallest absolute Gasteiger partial charge is 0.221 e. The Morgan fingerprint density at radius 2 is 2.05 bits per heavy atom. The average Bonchev–Trinajstić information content (AvgIpc) is 2.26. The van der Waals surface area contributed by atoms with Crippen LogP contribution in [-0.4, -0.2) is 18.0 Å². The van der Waals surface area contributed by atoms with Gasteiger partial charge in [0.05, 0.1) is 0 Å². The second kappa shape index (κ2) is 7.28. The molecule has 1 rings (SSSR count). The van der Waals surface area contributed by atoms with Crippen molar-refractivity contribution in [1.82, 2.24) is 5.32 Å². The molecule has 3 unspecified atom stereocenters. The molecule has 3 heteroatoms. The molecule has 0 heterocycles. The zero-order valence-electron chi connectivity index (χ0n) is 13.2. The first-order valence-corrected chi connectivity index (χ1v) is 7.85. The summed E-state index contributed by atoms with van der Waals surface area (Å²) in [7, 11) is 0. The van der Waals surface area contributed by atoms with E-state index in [0.717, 1.165) is 25.2 Å². The summed E-state index contributed by atoms with van der Waals surface area (Å²) >= 11 is 0. The molecule has 0 radical (unpaired) electrons. The van der Waals surface area contributed by atoms with Gasteiger partial charge in [-0.1, -0.05) is 47.0 Å². The van der Waals surface area contributed by atoms with E-state index in [4.69, 9.17) is 5.73 Å². The van der Waals surface area contributed by atoms with Gasteiger partial charge in [-0.25, -0.2) is 0 Å². The van der Waals surface area contributed by atoms with E-state index in [1.807, 2.05) is 0 Å². The molecule has 0 spiro atoms. The minimum Gasteiger partial charge on any atom is -0.353 e. The first kappa shape index (κ1) is 16.5. The maximum atomic E-state index is 12.0. The topological polar surface area (TPSA) is 55.1 Å². The van der Waals surface area contributed by atoms with Crippen LogP contribution in [0.1, 0.15) is 72.6 Å². The highest BCUT2D eigenvalue weighted by atomic mass is 16.1. The molecule has 0 aromatic carbocycles. The molecule has 112 valence electrons. The lowest BCUT2D eigenvalue weighted by Crippen LogP contribution is -2.41. The molecule has 0 aromatic heterocycles. The Morgan fingerprint density at radius 1 is 1.37 bits per heavy atom. The number of rotatable bonds is 5. The van der Waals surface area contributed by atoms with Crippen LogP contribution in [0, 0.1) is 11.3 Å². The van der Waals surface area contributed by atoms with Crippen molar-refractivity contribution in [1.29, 1.82) is 0 Å². The van der Waals surface area contributed by atoms with E-state index in [-0.39, 0.29) is 17.4 Å². The van der Waals surface area contributed by atoms with Crippen LogP contribution >= 0.6 is 0 Å². The molecule has 1 aliphatic carbocycles. The molecule has 19 heavy (non-hydrogen) atoms. The summed E-state index contributed by atoms with van der Waals surface area (Å²) in [5.41, 5.74) is 6.25. The lowest BCUT2D eigenvalue weighted by molar-refractivity contribution is -0.122. The van der Waals surface area contributed by atoms with E-state index < -0.39 is 0 Å². The Hall–Kier alpha value is -0.570. The van der Waals surface area contributed by atoms with Gasteiger partial charge >= 0.3 is 0 Å². The van der Waals surface area contributed by atoms with Crippen molar-refractivity contribution in [3.8, 4) is 0 Å². The van der Waals surface area contributed by atoms with Crippen molar-refractivity contribution in [2.45, 2.75) is 84.7 Å². The number of amides is 1. The highest BCUT2D eigenvalue weighted by molar-refractivity contribution is 5.76. The Balaban J connectivity index is 2.30. The van der Waals surface area contributed by atoms with E-state index >= 15 is 0 Å². The minimum atomic E-state index is -0.0226. The van der Waals surface area contributed by atoms with Crippen LogP contribution in [-0.2, 0) is 4.79 Å². The third-order valence-electron chi connectivity index (χ3n) is 4.05. The van der Waals surface area contributed by atoms with Crippen molar-refractivity contribution < 1.29 is 4.79 Å². The normalized spacial score (nSPS) is 25.9. The van der Waals surface area contributed by atoms with Crippen molar-refractivity contribution in [2.75, 3.05) is 0 Å². The summed E-state index contributed by atoms with van der Waals surface area (Å²) in [4.78, 5) is 12.0. The van der Waals surface area contributed by atoms with Crippen LogP contribution < -0.4 is 11.1 Å². The van der Waals surface area contributed by atoms with E-state index in [0.29, 0.717) is 12.5 Å². The molecule has 1 fully saturated rings. The van der Waals surface area contributed by atoms with Gasteiger partial charge in [0, 0.05) is 18.5 Å². The van der Waals surface area contributed by atoms with Crippen molar-refractivity contribution in [3.63, 3.8) is 0 Å². The number of carbonyl (C=O) groups excluding carboxylic acids is 1. The lowest BCUT2D eigenvalue weighted by atomic mass is 9.84. The van der Waals surface area contributed by atoms with Crippen LogP contribution in [0.5, 0.6) is 0 Å². The highest BCUT2D eigenvalue weighted by Gasteiger charge is 2.23. The van der Waals surface area contributed by atoms with Gasteiger partial charge in [-0.2, -0.15) is 0 Å². The molecular weight excluding hydrogens is 236 g/mol. The molecule has 3 atom stereocenters. The van der Waals surface area contributed by atoms with Gasteiger partial charge in [0.1, 0.15) is 0 Å². The Labute approximate surface area is 118 Å². The molecule has 3 N–H and O–H groups in total. The SMILES string of the molecule is CCC1CCCC(NC(=O)CC(N)CC(C)(C)C)C1. The van der Waals surface area contributed by atoms with Gasteiger partial charge in [-0.3, -0.25) is 4.79 Å². The van der Waals surface area contributed by atoms with Crippen molar-refractivity contribution in [2.24, 2.45) is 17.1 Å². The van der Waals surface area contributed by atoms with Crippen molar-refractivity contribution >= 4 is 5.91 Å². The Morgan fingerprint density at radius 3 is 2.63 bits per heavy atom. The molecule has 0 aromatic rings. The van der Waals surface area contributed by atoms with Gasteiger partial charge in [0.2, 0.25) is 5.91 Å². The summed E-state index contributed by atoms with van der Waals surface area (Å²) in [6.45, 7) is 8.74. The third kappa shape index (κ3) is 6.95. The standard InChI is InChI=1S/C16H32N2O/c1-5-12-7-6-8-14(9-12)18-15(19)10-13(17)11-16(2,3)4/h12-14H,5-11,17H2,1-4H3,(H,18,19). The molecule has 1 amide bonds. The molecule has 0 aliphatic heterocycles. The van der Waals surface area contributed by atoms with Crippen LogP contribution in [0.15, 0.2) is 0 Å². The summed E-state index contributed by atoms with van der Waals surface area (Å²) in [5.74, 6) is 0.931. The highest BCUT2D eigenvalue weighted by Crippen LogP contribution is 2.26. The summed E-state index contributed by atoms with van der Waals surface area (Å²) in [6.07, 6.45) is 7.44. The predicted octanol–water partition coefficient (Wildman–Crippen LogP) is 3.23. The van der Waals surface area contributed by atoms with Gasteiger partial charge in [-0.15, -0.1) is 0 Å². The third-order valence-corrected chi connectivity index (χ3v) is 4.05. The van der Waals surface area contributed by atoms with Crippen LogP contribution in [0.2, 0.25) is 0 Å². The van der Waals surface area contributed by atoms with Gasteiger partial charge in [0.15, 0.2) is 0 Å². The fourth-order valence-corrected chi connectivity index (χ4v) is 3.18. The van der Waals surface area contributed by atoms with Crippen LogP contribution in [0.3, 0.4) is 0 Å². The zero-order valence-corrected chi connectivity index (χ0v) is 13.2. The fourth-order valence-electron chi connectivity index (χ4n) is 3.18. The average molecular weight is 268 g/mol. The number of carbonyl (C=O) groups is 1. The van der Waals surface area contributed by atoms with Gasteiger partial charge in [-0.05, 0) is 30.6 Å². The Kier molecular flexibility index (Phi) is 6.31. The number of nitrogens with one attached hydrogen (secondary N) is 1. The van der Waals surface area contributed by atoms with Crippen LogP contribution in [0.4, 0.5) is 0 Å². The van der Waals surface area contributed by atoms with Gasteiger partial charge < -0.3 is 11.1 Å². The first-order valence-electron chi connectivity index (χ1n) is 7.85. The van der Waals surface area contributed by atoms with E-state index in [2.05, 4.69) is 33.0 Å². The van der Waals surface area contributed by atoms with Gasteiger partial charge in [0.25, 0.3) is 0 Å². The maximum absolute atomic E-state index is 12.0. The van der Waals surface area contributed by atoms with Crippen LogP contribution in [0.25, 0.3) is 0 Å². The lowest BCUT2D eigenvalue weighted by Gasteiger charge is -2.30. The van der Waals surface area contributed by atoms with E-state index in [9.17, 15) is 4.79 Å². The Bertz CT molecular complexity index is 283. The number of hydrogen-bond donors (Lipinski definition) is 2.